The average Bonchev–Trinajstić information content (AvgIpc) is 2.94. The molecule has 2 aromatic heterocycles. The van der Waals surface area contributed by atoms with Crippen LogP contribution in [-0.2, 0) is 4.74 Å². The second-order valence-electron chi connectivity index (χ2n) is 5.79. The molecule has 2 rings (SSSR count). The molecule has 0 unspecified atom stereocenters. The summed E-state index contributed by atoms with van der Waals surface area (Å²) in [6, 6.07) is 1.19. The molecule has 9 heteroatoms. The number of nitrogens with zero attached hydrogens (tertiary/aromatic N) is 6. The molecule has 0 saturated heterocycles. The summed E-state index contributed by atoms with van der Waals surface area (Å²) < 4.78 is 6.73. The number of ether oxygens (including phenoxy) is 1. The molecule has 0 aliphatic heterocycles. The lowest BCUT2D eigenvalue weighted by molar-refractivity contribution is 0.0505. The van der Waals surface area contributed by atoms with E-state index in [2.05, 4.69) is 37.1 Å². The minimum atomic E-state index is -0.575. The average molecular weight is 317 g/mol. The molecule has 23 heavy (non-hydrogen) atoms. The van der Waals surface area contributed by atoms with Gasteiger partial charge in [-0.25, -0.2) is 24.7 Å². The van der Waals surface area contributed by atoms with Crippen LogP contribution in [0.25, 0.3) is 5.82 Å². The van der Waals surface area contributed by atoms with Crippen molar-refractivity contribution in [3.05, 3.63) is 24.5 Å². The second kappa shape index (κ2) is 6.51. The molecule has 1 atom stereocenters. The fourth-order valence-electron chi connectivity index (χ4n) is 1.81. The van der Waals surface area contributed by atoms with Gasteiger partial charge >= 0.3 is 6.09 Å². The third-order valence-electron chi connectivity index (χ3n) is 2.71. The van der Waals surface area contributed by atoms with Gasteiger partial charge < -0.3 is 10.1 Å². The molecule has 1 N–H and O–H groups in total. The number of hydrogen-bond acceptors (Lipinski definition) is 7. The van der Waals surface area contributed by atoms with Crippen molar-refractivity contribution in [3.8, 4) is 5.82 Å². The zero-order valence-corrected chi connectivity index (χ0v) is 13.5. The molecule has 0 radical (unpaired) electrons. The van der Waals surface area contributed by atoms with Crippen molar-refractivity contribution < 1.29 is 9.53 Å². The zero-order chi connectivity index (χ0) is 17.0. The number of aromatic nitrogens is 5. The summed E-state index contributed by atoms with van der Waals surface area (Å²) in [5, 5.41) is 6.84. The number of alkyl carbamates (subject to hydrolysis) is 1. The first-order chi connectivity index (χ1) is 10.8. The lowest BCUT2D eigenvalue weighted by Crippen LogP contribution is -2.35. The number of aliphatic imine (C=N–C) groups is 1. The van der Waals surface area contributed by atoms with E-state index in [1.54, 1.807) is 33.8 Å². The minimum Gasteiger partial charge on any atom is -0.444 e. The van der Waals surface area contributed by atoms with Gasteiger partial charge in [-0.15, -0.1) is 0 Å². The van der Waals surface area contributed by atoms with Crippen molar-refractivity contribution in [2.45, 2.75) is 39.3 Å². The summed E-state index contributed by atoms with van der Waals surface area (Å²) in [7, 11) is 0. The fourth-order valence-corrected chi connectivity index (χ4v) is 1.81. The van der Waals surface area contributed by atoms with Gasteiger partial charge in [-0.3, -0.25) is 0 Å². The van der Waals surface area contributed by atoms with Gasteiger partial charge in [0, 0.05) is 6.07 Å². The summed E-state index contributed by atoms with van der Waals surface area (Å²) in [5.41, 5.74) is -0.575. The number of rotatable bonds is 4. The van der Waals surface area contributed by atoms with Crippen LogP contribution in [0.1, 0.15) is 39.6 Å². The number of nitrogens with one attached hydrogen (secondary N) is 1. The van der Waals surface area contributed by atoms with E-state index in [1.807, 2.05) is 0 Å². The van der Waals surface area contributed by atoms with Gasteiger partial charge in [-0.2, -0.15) is 9.78 Å². The topological polar surface area (TPSA) is 107 Å². The summed E-state index contributed by atoms with van der Waals surface area (Å²) in [6.45, 7) is 10.6. The van der Waals surface area contributed by atoms with Crippen molar-refractivity contribution >= 4 is 18.6 Å². The molecule has 0 spiro atoms. The maximum Gasteiger partial charge on any atom is 0.408 e. The van der Waals surface area contributed by atoms with Crippen LogP contribution in [0.4, 0.5) is 10.6 Å². The predicted octanol–water partition coefficient (Wildman–Crippen LogP) is 1.98. The highest BCUT2D eigenvalue weighted by atomic mass is 16.6. The van der Waals surface area contributed by atoms with Crippen LogP contribution >= 0.6 is 0 Å². The number of carbonyl (C=O) groups is 1. The van der Waals surface area contributed by atoms with Gasteiger partial charge in [0.25, 0.3) is 0 Å². The first kappa shape index (κ1) is 16.5. The molecule has 0 fully saturated rings. The van der Waals surface area contributed by atoms with Crippen LogP contribution in [0.15, 0.2) is 23.7 Å². The van der Waals surface area contributed by atoms with Crippen LogP contribution in [0.2, 0.25) is 0 Å². The SMILES string of the molecule is C=Nc1cc(-n2ncnc2[C@H](C)NC(=O)OC(C)(C)C)ncn1. The fraction of sp³-hybridized carbons (Fsp3) is 0.429. The van der Waals surface area contributed by atoms with Gasteiger partial charge in [0.2, 0.25) is 0 Å². The summed E-state index contributed by atoms with van der Waals surface area (Å²) >= 11 is 0. The first-order valence-corrected chi connectivity index (χ1v) is 6.99. The van der Waals surface area contributed by atoms with E-state index in [-0.39, 0.29) is 0 Å². The van der Waals surface area contributed by atoms with Gasteiger partial charge in [-0.05, 0) is 34.4 Å². The molecule has 0 saturated carbocycles. The monoisotopic (exact) mass is 317 g/mol. The smallest absolute Gasteiger partial charge is 0.408 e. The Morgan fingerprint density at radius 2 is 2.09 bits per heavy atom. The molecule has 2 aromatic rings. The van der Waals surface area contributed by atoms with Crippen molar-refractivity contribution in [2.24, 2.45) is 4.99 Å². The van der Waals surface area contributed by atoms with Gasteiger partial charge in [0.1, 0.15) is 18.3 Å². The summed E-state index contributed by atoms with van der Waals surface area (Å²) in [4.78, 5) is 27.9. The Labute approximate surface area is 133 Å². The van der Waals surface area contributed by atoms with E-state index >= 15 is 0 Å². The van der Waals surface area contributed by atoms with E-state index in [9.17, 15) is 4.79 Å². The third kappa shape index (κ3) is 4.31. The summed E-state index contributed by atoms with van der Waals surface area (Å²) in [6.07, 6.45) is 2.21. The molecular formula is C14H19N7O2. The molecule has 0 aliphatic rings. The van der Waals surface area contributed by atoms with Crippen LogP contribution in [0, 0.1) is 0 Å². The molecule has 0 bridgehead atoms. The third-order valence-corrected chi connectivity index (χ3v) is 2.71. The highest BCUT2D eigenvalue weighted by Crippen LogP contribution is 2.16. The highest BCUT2D eigenvalue weighted by Gasteiger charge is 2.21. The quantitative estimate of drug-likeness (QED) is 0.864. The molecule has 9 nitrogen and oxygen atoms in total. The standard InChI is InChI=1S/C14H19N7O2/c1-9(20-13(22)23-14(2,3)4)12-18-8-19-21(12)11-6-10(15-5)16-7-17-11/h6-9H,5H2,1-4H3,(H,20,22)/t9-/m0/s1. The van der Waals surface area contributed by atoms with Crippen LogP contribution in [0.3, 0.4) is 0 Å². The van der Waals surface area contributed by atoms with E-state index < -0.39 is 17.7 Å². The normalized spacial score (nSPS) is 12.5. The lowest BCUT2D eigenvalue weighted by Gasteiger charge is -2.21. The maximum atomic E-state index is 11.9. The Kier molecular flexibility index (Phi) is 4.68. The van der Waals surface area contributed by atoms with Crippen molar-refractivity contribution in [1.29, 1.82) is 0 Å². The Balaban J connectivity index is 2.20. The van der Waals surface area contributed by atoms with Gasteiger partial charge in [0.05, 0.1) is 6.04 Å². The van der Waals surface area contributed by atoms with Crippen LogP contribution in [0.5, 0.6) is 0 Å². The number of amides is 1. The molecule has 0 aliphatic carbocycles. The largest absolute Gasteiger partial charge is 0.444 e. The van der Waals surface area contributed by atoms with Gasteiger partial charge in [0.15, 0.2) is 17.5 Å². The number of hydrogen-bond donors (Lipinski definition) is 1. The van der Waals surface area contributed by atoms with Crippen LogP contribution in [-0.4, -0.2) is 43.1 Å². The van der Waals surface area contributed by atoms with E-state index in [4.69, 9.17) is 4.74 Å². The Morgan fingerprint density at radius 1 is 1.35 bits per heavy atom. The van der Waals surface area contributed by atoms with Gasteiger partial charge in [-0.1, -0.05) is 0 Å². The lowest BCUT2D eigenvalue weighted by atomic mass is 10.2. The Morgan fingerprint density at radius 3 is 2.74 bits per heavy atom. The van der Waals surface area contributed by atoms with Crippen molar-refractivity contribution in [3.63, 3.8) is 0 Å². The molecule has 0 aromatic carbocycles. The predicted molar refractivity (Wildman–Crippen MR) is 83.9 cm³/mol. The van der Waals surface area contributed by atoms with E-state index in [0.29, 0.717) is 17.5 Å². The molecular weight excluding hydrogens is 298 g/mol. The first-order valence-electron chi connectivity index (χ1n) is 6.99. The van der Waals surface area contributed by atoms with Crippen molar-refractivity contribution in [2.75, 3.05) is 0 Å². The zero-order valence-electron chi connectivity index (χ0n) is 13.5. The molecule has 2 heterocycles. The number of carbonyl (C=O) groups excluding carboxylic acids is 1. The van der Waals surface area contributed by atoms with Crippen molar-refractivity contribution in [1.82, 2.24) is 30.0 Å². The second-order valence-corrected chi connectivity index (χ2v) is 5.79. The van der Waals surface area contributed by atoms with Crippen LogP contribution < -0.4 is 5.32 Å². The molecule has 1 amide bonds. The highest BCUT2D eigenvalue weighted by molar-refractivity contribution is 5.68. The Hall–Kier alpha value is -2.84. The maximum absolute atomic E-state index is 11.9. The Bertz CT molecular complexity index is 705. The summed E-state index contributed by atoms with van der Waals surface area (Å²) in [5.74, 6) is 1.40. The minimum absolute atomic E-state index is 0.421. The van der Waals surface area contributed by atoms with E-state index in [1.165, 1.54) is 17.3 Å². The van der Waals surface area contributed by atoms with E-state index in [0.717, 1.165) is 0 Å². The molecule has 122 valence electrons.